The summed E-state index contributed by atoms with van der Waals surface area (Å²) >= 11 is 0. The van der Waals surface area contributed by atoms with Crippen molar-refractivity contribution in [1.29, 1.82) is 0 Å². The van der Waals surface area contributed by atoms with E-state index >= 15 is 0 Å². The molecule has 1 saturated carbocycles. The molecule has 1 rings (SSSR count). The highest BCUT2D eigenvalue weighted by atomic mass is 16.3. The summed E-state index contributed by atoms with van der Waals surface area (Å²) in [6, 6.07) is 0. The second-order valence-electron chi connectivity index (χ2n) is 5.71. The molecular weight excluding hydrogens is 240 g/mol. The molecule has 112 valence electrons. The molecule has 0 spiro atoms. The molecule has 0 aliphatic heterocycles. The first kappa shape index (κ1) is 16.4. The van der Waals surface area contributed by atoms with Gasteiger partial charge in [-0.3, -0.25) is 4.79 Å². The van der Waals surface area contributed by atoms with Gasteiger partial charge in [-0.1, -0.05) is 26.2 Å². The zero-order chi connectivity index (χ0) is 14.1. The fourth-order valence-corrected chi connectivity index (χ4v) is 3.07. The molecule has 19 heavy (non-hydrogen) atoms. The fraction of sp³-hybridized carbons (Fsp3) is 0.933. The highest BCUT2D eigenvalue weighted by Gasteiger charge is 2.29. The molecule has 0 aromatic heterocycles. The molecule has 0 aromatic carbocycles. The maximum atomic E-state index is 12.5. The maximum absolute atomic E-state index is 12.5. The summed E-state index contributed by atoms with van der Waals surface area (Å²) in [4.78, 5) is 14.4. The van der Waals surface area contributed by atoms with Crippen LogP contribution in [0.1, 0.15) is 51.9 Å². The van der Waals surface area contributed by atoms with E-state index in [-0.39, 0.29) is 18.4 Å². The third-order valence-electron chi connectivity index (χ3n) is 4.17. The van der Waals surface area contributed by atoms with Gasteiger partial charge in [-0.2, -0.15) is 0 Å². The van der Waals surface area contributed by atoms with E-state index in [1.165, 1.54) is 6.42 Å². The summed E-state index contributed by atoms with van der Waals surface area (Å²) in [7, 11) is 0. The van der Waals surface area contributed by atoms with E-state index in [4.69, 9.17) is 10.8 Å². The lowest BCUT2D eigenvalue weighted by molar-refractivity contribution is -0.137. The lowest BCUT2D eigenvalue weighted by atomic mass is 9.79. The number of nitrogens with two attached hydrogens (primary N) is 1. The maximum Gasteiger partial charge on any atom is 0.225 e. The highest BCUT2D eigenvalue weighted by molar-refractivity contribution is 5.79. The quantitative estimate of drug-likeness (QED) is 0.706. The van der Waals surface area contributed by atoms with Gasteiger partial charge in [0.05, 0.1) is 6.61 Å². The summed E-state index contributed by atoms with van der Waals surface area (Å²) in [5, 5.41) is 9.11. The molecule has 1 fully saturated rings. The van der Waals surface area contributed by atoms with Gasteiger partial charge in [0.1, 0.15) is 0 Å². The van der Waals surface area contributed by atoms with Gasteiger partial charge in [0.25, 0.3) is 0 Å². The molecule has 2 unspecified atom stereocenters. The van der Waals surface area contributed by atoms with Crippen LogP contribution in [-0.2, 0) is 4.79 Å². The van der Waals surface area contributed by atoms with Crippen LogP contribution in [0.25, 0.3) is 0 Å². The smallest absolute Gasteiger partial charge is 0.225 e. The monoisotopic (exact) mass is 270 g/mol. The molecule has 2 atom stereocenters. The van der Waals surface area contributed by atoms with Crippen LogP contribution in [0.3, 0.4) is 0 Å². The first-order valence-electron chi connectivity index (χ1n) is 7.82. The van der Waals surface area contributed by atoms with Crippen molar-refractivity contribution in [3.8, 4) is 0 Å². The lowest BCUT2D eigenvalue weighted by Gasteiger charge is -2.32. The Morgan fingerprint density at radius 2 is 2.16 bits per heavy atom. The number of hydrogen-bond acceptors (Lipinski definition) is 3. The van der Waals surface area contributed by atoms with Crippen molar-refractivity contribution < 1.29 is 9.90 Å². The van der Waals surface area contributed by atoms with E-state index in [0.717, 1.165) is 51.6 Å². The van der Waals surface area contributed by atoms with Crippen LogP contribution in [-0.4, -0.2) is 42.2 Å². The first-order valence-corrected chi connectivity index (χ1v) is 7.82. The predicted octanol–water partition coefficient (Wildman–Crippen LogP) is 1.76. The SMILES string of the molecule is CCCCN(CCO)C(=O)C1CCCC(CCN)C1. The third-order valence-corrected chi connectivity index (χ3v) is 4.17. The molecule has 0 heterocycles. The number of unbranched alkanes of at least 4 members (excludes halogenated alkanes) is 1. The van der Waals surface area contributed by atoms with E-state index in [0.29, 0.717) is 12.5 Å². The summed E-state index contributed by atoms with van der Waals surface area (Å²) < 4.78 is 0. The number of hydrogen-bond donors (Lipinski definition) is 2. The van der Waals surface area contributed by atoms with Crippen molar-refractivity contribution in [3.05, 3.63) is 0 Å². The molecule has 0 radical (unpaired) electrons. The number of nitrogens with zero attached hydrogens (tertiary/aromatic N) is 1. The van der Waals surface area contributed by atoms with Gasteiger partial charge in [0, 0.05) is 19.0 Å². The Kier molecular flexibility index (Phi) is 8.07. The molecule has 0 bridgehead atoms. The van der Waals surface area contributed by atoms with Crippen LogP contribution in [0.2, 0.25) is 0 Å². The second-order valence-corrected chi connectivity index (χ2v) is 5.71. The average molecular weight is 270 g/mol. The zero-order valence-electron chi connectivity index (χ0n) is 12.3. The minimum Gasteiger partial charge on any atom is -0.395 e. The van der Waals surface area contributed by atoms with Crippen LogP contribution < -0.4 is 5.73 Å². The molecule has 1 aliphatic carbocycles. The summed E-state index contributed by atoms with van der Waals surface area (Å²) in [6.07, 6.45) is 7.49. The zero-order valence-corrected chi connectivity index (χ0v) is 12.3. The van der Waals surface area contributed by atoms with Gasteiger partial charge < -0.3 is 15.7 Å². The van der Waals surface area contributed by atoms with E-state index in [1.807, 2.05) is 4.90 Å². The Morgan fingerprint density at radius 3 is 2.79 bits per heavy atom. The van der Waals surface area contributed by atoms with E-state index in [2.05, 4.69) is 6.92 Å². The highest BCUT2D eigenvalue weighted by Crippen LogP contribution is 2.32. The number of rotatable bonds is 8. The lowest BCUT2D eigenvalue weighted by Crippen LogP contribution is -2.40. The molecule has 0 saturated heterocycles. The van der Waals surface area contributed by atoms with Crippen molar-refractivity contribution in [3.63, 3.8) is 0 Å². The number of carbonyl (C=O) groups excluding carboxylic acids is 1. The van der Waals surface area contributed by atoms with Crippen molar-refractivity contribution >= 4 is 5.91 Å². The Bertz CT molecular complexity index is 257. The van der Waals surface area contributed by atoms with Crippen LogP contribution in [0.15, 0.2) is 0 Å². The standard InChI is InChI=1S/C15H30N2O2/c1-2-3-9-17(10-11-18)15(19)14-6-4-5-13(12-14)7-8-16/h13-14,18H,2-12,16H2,1H3. The normalized spacial score (nSPS) is 23.3. The van der Waals surface area contributed by atoms with E-state index in [9.17, 15) is 4.79 Å². The van der Waals surface area contributed by atoms with Gasteiger partial charge in [-0.15, -0.1) is 0 Å². The van der Waals surface area contributed by atoms with Crippen LogP contribution in [0.5, 0.6) is 0 Å². The second kappa shape index (κ2) is 9.32. The topological polar surface area (TPSA) is 66.6 Å². The number of aliphatic hydroxyl groups excluding tert-OH is 1. The molecule has 1 aliphatic rings. The van der Waals surface area contributed by atoms with Gasteiger partial charge >= 0.3 is 0 Å². The van der Waals surface area contributed by atoms with Crippen LogP contribution >= 0.6 is 0 Å². The Morgan fingerprint density at radius 1 is 1.37 bits per heavy atom. The third kappa shape index (κ3) is 5.49. The number of aliphatic hydroxyl groups is 1. The van der Waals surface area contributed by atoms with E-state index < -0.39 is 0 Å². The molecule has 0 aromatic rings. The molecular formula is C15H30N2O2. The van der Waals surface area contributed by atoms with Crippen LogP contribution in [0.4, 0.5) is 0 Å². The summed E-state index contributed by atoms with van der Waals surface area (Å²) in [6.45, 7) is 4.18. The fourth-order valence-electron chi connectivity index (χ4n) is 3.07. The van der Waals surface area contributed by atoms with Gasteiger partial charge in [-0.05, 0) is 38.1 Å². The van der Waals surface area contributed by atoms with Crippen LogP contribution in [0, 0.1) is 11.8 Å². The Labute approximate surface area is 117 Å². The largest absolute Gasteiger partial charge is 0.395 e. The van der Waals surface area contributed by atoms with Crippen molar-refractivity contribution in [2.45, 2.75) is 51.9 Å². The number of carbonyl (C=O) groups is 1. The first-order chi connectivity index (χ1) is 9.22. The Hall–Kier alpha value is -0.610. The minimum absolute atomic E-state index is 0.0639. The molecule has 4 nitrogen and oxygen atoms in total. The van der Waals surface area contributed by atoms with Gasteiger partial charge in [-0.25, -0.2) is 0 Å². The van der Waals surface area contributed by atoms with Gasteiger partial charge in [0.2, 0.25) is 5.91 Å². The van der Waals surface area contributed by atoms with Crippen molar-refractivity contribution in [2.24, 2.45) is 17.6 Å². The summed E-state index contributed by atoms with van der Waals surface area (Å²) in [5.41, 5.74) is 5.63. The van der Waals surface area contributed by atoms with E-state index in [1.54, 1.807) is 0 Å². The summed E-state index contributed by atoms with van der Waals surface area (Å²) in [5.74, 6) is 1.03. The Balaban J connectivity index is 2.51. The predicted molar refractivity (Wildman–Crippen MR) is 77.7 cm³/mol. The molecule has 4 heteroatoms. The minimum atomic E-state index is 0.0639. The molecule has 1 amide bonds. The van der Waals surface area contributed by atoms with Crippen molar-refractivity contribution in [1.82, 2.24) is 4.90 Å². The van der Waals surface area contributed by atoms with Crippen molar-refractivity contribution in [2.75, 3.05) is 26.2 Å². The van der Waals surface area contributed by atoms with Gasteiger partial charge in [0.15, 0.2) is 0 Å². The molecule has 3 N–H and O–H groups in total. The number of amides is 1. The average Bonchev–Trinajstić information content (AvgIpc) is 2.43.